The molecule has 0 saturated carbocycles. The number of carbonyl (C=O) groups is 1. The molecule has 0 aliphatic carbocycles. The lowest BCUT2D eigenvalue weighted by atomic mass is 10.1. The smallest absolute Gasteiger partial charge is 0.158 e. The van der Waals surface area contributed by atoms with Crippen LogP contribution in [0.25, 0.3) is 0 Å². The second-order valence-electron chi connectivity index (χ2n) is 7.87. The van der Waals surface area contributed by atoms with E-state index in [1.165, 1.54) is 0 Å². The van der Waals surface area contributed by atoms with Gasteiger partial charge in [0.25, 0.3) is 0 Å². The highest BCUT2D eigenvalue weighted by atomic mass is 28.4. The summed E-state index contributed by atoms with van der Waals surface area (Å²) in [5, 5.41) is 4.85. The van der Waals surface area contributed by atoms with Crippen LogP contribution in [0.2, 0.25) is 39.3 Å². The van der Waals surface area contributed by atoms with Crippen LogP contribution in [0.5, 0.6) is 0 Å². The Morgan fingerprint density at radius 1 is 1.00 bits per heavy atom. The molecule has 5 heteroatoms. The number of Topliss-reactive ketones (excluding diaryl/α,β-unsaturated/α-hetero) is 1. The van der Waals surface area contributed by atoms with Crippen LogP contribution < -0.4 is 0 Å². The maximum atomic E-state index is 12.2. The lowest BCUT2D eigenvalue weighted by molar-refractivity contribution is -0.117. The van der Waals surface area contributed by atoms with Gasteiger partial charge < -0.3 is 4.34 Å². The van der Waals surface area contributed by atoms with Gasteiger partial charge in [-0.2, -0.15) is 0 Å². The van der Waals surface area contributed by atoms with Gasteiger partial charge in [-0.05, 0) is 12.5 Å². The Bertz CT molecular complexity index is 514. The number of rotatable bonds is 7. The number of nitrogens with zero attached hydrogens (tertiary/aromatic N) is 2. The standard InChI is InChI=1S/C17H30N2OSi2/c1-15(18-19(21(2,3)4)22(5,6)7)13-17(20)14-16-11-9-8-10-12-16/h8-12H,13-14H2,1-7H3/b18-15+. The summed E-state index contributed by atoms with van der Waals surface area (Å²) in [5.74, 6) is 0.235. The average Bonchev–Trinajstić information content (AvgIpc) is 2.34. The van der Waals surface area contributed by atoms with Gasteiger partial charge in [0.1, 0.15) is 5.78 Å². The van der Waals surface area contributed by atoms with E-state index in [0.29, 0.717) is 12.8 Å². The Morgan fingerprint density at radius 3 is 1.95 bits per heavy atom. The SMILES string of the molecule is C/C(CC(=O)Cc1ccccc1)=N\N([Si](C)(C)C)[Si](C)(C)C. The summed E-state index contributed by atoms with van der Waals surface area (Å²) in [7, 11) is -3.03. The van der Waals surface area contributed by atoms with Crippen LogP contribution in [-0.4, -0.2) is 32.3 Å². The molecule has 0 fully saturated rings. The van der Waals surface area contributed by atoms with Crippen molar-refractivity contribution in [3.05, 3.63) is 35.9 Å². The molecule has 0 spiro atoms. The highest BCUT2D eigenvalue weighted by Gasteiger charge is 2.33. The fourth-order valence-corrected chi connectivity index (χ4v) is 11.7. The molecule has 0 unspecified atom stereocenters. The Kier molecular flexibility index (Phi) is 6.31. The van der Waals surface area contributed by atoms with E-state index in [9.17, 15) is 4.79 Å². The lowest BCUT2D eigenvalue weighted by Gasteiger charge is -2.41. The average molecular weight is 335 g/mol. The van der Waals surface area contributed by atoms with Crippen molar-refractivity contribution in [1.82, 2.24) is 4.34 Å². The van der Waals surface area contributed by atoms with Gasteiger partial charge in [-0.1, -0.05) is 69.6 Å². The summed E-state index contributed by atoms with van der Waals surface area (Å²) >= 11 is 0. The number of ketones is 1. The molecular weight excluding hydrogens is 304 g/mol. The minimum Gasteiger partial charge on any atom is -0.350 e. The van der Waals surface area contributed by atoms with Gasteiger partial charge in [-0.15, -0.1) is 0 Å². The number of hydrazone groups is 1. The number of hydrogen-bond acceptors (Lipinski definition) is 3. The van der Waals surface area contributed by atoms with Gasteiger partial charge >= 0.3 is 0 Å². The van der Waals surface area contributed by atoms with Gasteiger partial charge in [0.05, 0.1) is 0 Å². The quantitative estimate of drug-likeness (QED) is 0.417. The van der Waals surface area contributed by atoms with E-state index in [1.54, 1.807) is 0 Å². The predicted octanol–water partition coefficient (Wildman–Crippen LogP) is 4.54. The third-order valence-corrected chi connectivity index (χ3v) is 10.0. The Labute approximate surface area is 137 Å². The zero-order chi connectivity index (χ0) is 17.0. The third kappa shape index (κ3) is 6.28. The zero-order valence-corrected chi connectivity index (χ0v) is 17.1. The second kappa shape index (κ2) is 7.37. The highest BCUT2D eigenvalue weighted by Crippen LogP contribution is 2.20. The molecule has 0 aliphatic rings. The van der Waals surface area contributed by atoms with Crippen LogP contribution in [0.3, 0.4) is 0 Å². The molecule has 0 amide bonds. The van der Waals surface area contributed by atoms with Crippen molar-refractivity contribution in [3.8, 4) is 0 Å². The van der Waals surface area contributed by atoms with E-state index in [4.69, 9.17) is 5.10 Å². The van der Waals surface area contributed by atoms with Crippen molar-refractivity contribution in [2.24, 2.45) is 5.10 Å². The lowest BCUT2D eigenvalue weighted by Crippen LogP contribution is -2.56. The summed E-state index contributed by atoms with van der Waals surface area (Å²) < 4.78 is 2.37. The molecule has 122 valence electrons. The first kappa shape index (κ1) is 18.8. The Hall–Kier alpha value is -1.21. The van der Waals surface area contributed by atoms with Crippen molar-refractivity contribution in [2.75, 3.05) is 0 Å². The summed E-state index contributed by atoms with van der Waals surface area (Å²) in [6.45, 7) is 15.9. The summed E-state index contributed by atoms with van der Waals surface area (Å²) in [6.07, 6.45) is 0.938. The topological polar surface area (TPSA) is 32.7 Å². The van der Waals surface area contributed by atoms with Crippen molar-refractivity contribution < 1.29 is 4.79 Å². The Morgan fingerprint density at radius 2 is 1.50 bits per heavy atom. The summed E-state index contributed by atoms with van der Waals surface area (Å²) in [5.41, 5.74) is 2.01. The Balaban J connectivity index is 2.77. The van der Waals surface area contributed by atoms with Crippen molar-refractivity contribution in [3.63, 3.8) is 0 Å². The third-order valence-electron chi connectivity index (χ3n) is 3.24. The van der Waals surface area contributed by atoms with Crippen LogP contribution in [0.4, 0.5) is 0 Å². The van der Waals surface area contributed by atoms with Crippen LogP contribution in [0.1, 0.15) is 18.9 Å². The molecule has 1 aromatic carbocycles. The van der Waals surface area contributed by atoms with E-state index in [-0.39, 0.29) is 5.78 Å². The largest absolute Gasteiger partial charge is 0.350 e. The van der Waals surface area contributed by atoms with Crippen LogP contribution in [-0.2, 0) is 11.2 Å². The molecular formula is C17H30N2OSi2. The van der Waals surface area contributed by atoms with Crippen LogP contribution in [0, 0.1) is 0 Å². The molecule has 0 aliphatic heterocycles. The zero-order valence-electron chi connectivity index (χ0n) is 15.1. The van der Waals surface area contributed by atoms with E-state index in [1.807, 2.05) is 37.3 Å². The molecule has 0 atom stereocenters. The fraction of sp³-hybridized carbons (Fsp3) is 0.529. The van der Waals surface area contributed by atoms with E-state index < -0.39 is 16.5 Å². The van der Waals surface area contributed by atoms with Gasteiger partial charge in [-0.3, -0.25) is 4.79 Å². The van der Waals surface area contributed by atoms with Gasteiger partial charge in [-0.25, -0.2) is 5.10 Å². The van der Waals surface area contributed by atoms with Crippen molar-refractivity contribution in [2.45, 2.75) is 59.0 Å². The van der Waals surface area contributed by atoms with Crippen LogP contribution >= 0.6 is 0 Å². The molecule has 0 aromatic heterocycles. The van der Waals surface area contributed by atoms with Crippen molar-refractivity contribution in [1.29, 1.82) is 0 Å². The minimum absolute atomic E-state index is 0.235. The van der Waals surface area contributed by atoms with Gasteiger partial charge in [0, 0.05) is 18.6 Å². The first-order valence-corrected chi connectivity index (χ1v) is 14.8. The molecule has 0 saturated heterocycles. The predicted molar refractivity (Wildman–Crippen MR) is 101 cm³/mol. The molecule has 1 aromatic rings. The maximum Gasteiger partial charge on any atom is 0.158 e. The molecule has 0 bridgehead atoms. The van der Waals surface area contributed by atoms with E-state index in [0.717, 1.165) is 11.3 Å². The highest BCUT2D eigenvalue weighted by molar-refractivity contribution is 6.89. The first-order chi connectivity index (χ1) is 10.00. The first-order valence-electron chi connectivity index (χ1n) is 7.90. The van der Waals surface area contributed by atoms with Gasteiger partial charge in [0.2, 0.25) is 0 Å². The number of benzene rings is 1. The van der Waals surface area contributed by atoms with E-state index in [2.05, 4.69) is 43.6 Å². The molecule has 0 heterocycles. The van der Waals surface area contributed by atoms with Crippen LogP contribution in [0.15, 0.2) is 35.4 Å². The van der Waals surface area contributed by atoms with Crippen molar-refractivity contribution >= 4 is 28.0 Å². The molecule has 1 rings (SSSR count). The number of carbonyl (C=O) groups excluding carboxylic acids is 1. The number of hydrogen-bond donors (Lipinski definition) is 0. The molecule has 0 N–H and O–H groups in total. The monoisotopic (exact) mass is 334 g/mol. The summed E-state index contributed by atoms with van der Waals surface area (Å²) in [6, 6.07) is 9.92. The maximum absolute atomic E-state index is 12.2. The minimum atomic E-state index is -1.51. The normalized spacial score (nSPS) is 13.1. The fourth-order valence-electron chi connectivity index (χ4n) is 2.68. The van der Waals surface area contributed by atoms with Gasteiger partial charge in [0.15, 0.2) is 16.5 Å². The second-order valence-corrected chi connectivity index (χ2v) is 17.8. The summed E-state index contributed by atoms with van der Waals surface area (Å²) in [4.78, 5) is 12.2. The molecule has 22 heavy (non-hydrogen) atoms. The molecule has 3 nitrogen and oxygen atoms in total. The molecule has 0 radical (unpaired) electrons. The van der Waals surface area contributed by atoms with E-state index >= 15 is 0 Å².